The Kier molecular flexibility index (Phi) is 9.06. The molecule has 0 fully saturated rings. The Hall–Kier alpha value is -2.39. The summed E-state index contributed by atoms with van der Waals surface area (Å²) in [5.41, 5.74) is 1.29. The number of hydrogen-bond donors (Lipinski definition) is 0. The van der Waals surface area contributed by atoms with Crippen LogP contribution in [-0.4, -0.2) is 63.9 Å². The fraction of sp³-hybridized carbons (Fsp3) is 0.500. The van der Waals surface area contributed by atoms with Crippen LogP contribution in [0.5, 0.6) is 0 Å². The number of nitrogens with zero attached hydrogens (tertiary/aromatic N) is 4. The summed E-state index contributed by atoms with van der Waals surface area (Å²) >= 11 is 3.50. The van der Waals surface area contributed by atoms with Crippen LogP contribution in [0.15, 0.2) is 41.0 Å². The van der Waals surface area contributed by atoms with Crippen molar-refractivity contribution in [2.24, 2.45) is 7.05 Å². The number of aromatic nitrogens is 2. The van der Waals surface area contributed by atoms with E-state index in [2.05, 4.69) is 21.0 Å². The minimum atomic E-state index is -0.564. The number of likely N-dealkylation sites (N-methyl/N-ethyl adjacent to an activating group) is 1. The van der Waals surface area contributed by atoms with Crippen LogP contribution in [0.3, 0.4) is 0 Å². The van der Waals surface area contributed by atoms with Crippen molar-refractivity contribution in [2.75, 3.05) is 26.7 Å². The van der Waals surface area contributed by atoms with Gasteiger partial charge in [-0.3, -0.25) is 14.4 Å². The van der Waals surface area contributed by atoms with Gasteiger partial charge < -0.3 is 14.4 Å². The first-order chi connectivity index (χ1) is 14.5. The van der Waals surface area contributed by atoms with Crippen molar-refractivity contribution in [3.8, 4) is 0 Å². The third kappa shape index (κ3) is 8.70. The number of aryl methyl sites for hydroxylation is 1. The Balaban J connectivity index is 1.98. The molecule has 1 aromatic carbocycles. The molecule has 8 nitrogen and oxygen atoms in total. The molecule has 0 unspecified atom stereocenters. The van der Waals surface area contributed by atoms with E-state index in [1.807, 2.05) is 63.1 Å². The molecular formula is C22H31BrN4O4. The van der Waals surface area contributed by atoms with Crippen molar-refractivity contribution in [1.82, 2.24) is 19.6 Å². The van der Waals surface area contributed by atoms with Gasteiger partial charge in [-0.2, -0.15) is 5.10 Å². The third-order valence-electron chi connectivity index (χ3n) is 4.44. The first kappa shape index (κ1) is 24.9. The molecule has 0 aliphatic carbocycles. The monoisotopic (exact) mass is 494 g/mol. The Morgan fingerprint density at radius 3 is 2.42 bits per heavy atom. The van der Waals surface area contributed by atoms with Crippen molar-refractivity contribution in [3.63, 3.8) is 0 Å². The smallest absolute Gasteiger partial charge is 0.410 e. The van der Waals surface area contributed by atoms with Crippen molar-refractivity contribution < 1.29 is 19.1 Å². The zero-order chi connectivity index (χ0) is 23.0. The van der Waals surface area contributed by atoms with Gasteiger partial charge in [-0.1, -0.05) is 30.3 Å². The number of amides is 1. The van der Waals surface area contributed by atoms with Crippen LogP contribution in [0.2, 0.25) is 0 Å². The zero-order valence-electron chi connectivity index (χ0n) is 18.8. The average molecular weight is 495 g/mol. The number of benzene rings is 1. The van der Waals surface area contributed by atoms with Gasteiger partial charge in [-0.25, -0.2) is 4.79 Å². The first-order valence-electron chi connectivity index (χ1n) is 10.1. The fourth-order valence-corrected chi connectivity index (χ4v) is 3.20. The largest absolute Gasteiger partial charge is 0.460 e. The van der Waals surface area contributed by atoms with Gasteiger partial charge in [0.1, 0.15) is 12.2 Å². The lowest BCUT2D eigenvalue weighted by Crippen LogP contribution is -2.41. The lowest BCUT2D eigenvalue weighted by atomic mass is 10.2. The van der Waals surface area contributed by atoms with Crippen LogP contribution in [0.4, 0.5) is 4.79 Å². The summed E-state index contributed by atoms with van der Waals surface area (Å²) in [5, 5.41) is 4.23. The molecule has 0 N–H and O–H groups in total. The number of rotatable bonds is 9. The van der Waals surface area contributed by atoms with E-state index in [1.165, 1.54) is 4.90 Å². The summed E-state index contributed by atoms with van der Waals surface area (Å²) in [4.78, 5) is 28.2. The van der Waals surface area contributed by atoms with Gasteiger partial charge in [0, 0.05) is 33.7 Å². The van der Waals surface area contributed by atoms with E-state index in [0.717, 1.165) is 15.7 Å². The van der Waals surface area contributed by atoms with E-state index < -0.39 is 11.7 Å². The van der Waals surface area contributed by atoms with Gasteiger partial charge in [0.2, 0.25) is 0 Å². The minimum Gasteiger partial charge on any atom is -0.460 e. The molecule has 1 amide bonds. The SMILES string of the molecule is CN(CCN(CC(=O)OCc1ccccc1)Cc1c(Br)cnn1C)C(=O)OC(C)(C)C. The summed E-state index contributed by atoms with van der Waals surface area (Å²) < 4.78 is 13.5. The highest BCUT2D eigenvalue weighted by atomic mass is 79.9. The van der Waals surface area contributed by atoms with Gasteiger partial charge in [0.15, 0.2) is 0 Å². The molecule has 9 heteroatoms. The van der Waals surface area contributed by atoms with E-state index in [0.29, 0.717) is 19.6 Å². The van der Waals surface area contributed by atoms with E-state index in [-0.39, 0.29) is 19.1 Å². The normalized spacial score (nSPS) is 11.5. The highest BCUT2D eigenvalue weighted by Crippen LogP contribution is 2.17. The standard InChI is InChI=1S/C22H31BrN4O4/c1-22(2,3)31-21(29)25(4)11-12-27(14-19-18(23)13-24-26(19)5)15-20(28)30-16-17-9-7-6-8-10-17/h6-10,13H,11-12,14-16H2,1-5H3. The summed E-state index contributed by atoms with van der Waals surface area (Å²) in [5.74, 6) is -0.331. The third-order valence-corrected chi connectivity index (χ3v) is 5.10. The molecule has 2 aromatic rings. The molecule has 0 spiro atoms. The lowest BCUT2D eigenvalue weighted by Gasteiger charge is -2.27. The minimum absolute atomic E-state index is 0.0899. The van der Waals surface area contributed by atoms with E-state index >= 15 is 0 Å². The Labute approximate surface area is 192 Å². The van der Waals surface area contributed by atoms with E-state index in [4.69, 9.17) is 9.47 Å². The molecule has 31 heavy (non-hydrogen) atoms. The van der Waals surface area contributed by atoms with Crippen LogP contribution in [0, 0.1) is 0 Å². The van der Waals surface area contributed by atoms with Gasteiger partial charge in [-0.15, -0.1) is 0 Å². The maximum absolute atomic E-state index is 12.5. The highest BCUT2D eigenvalue weighted by Gasteiger charge is 2.21. The molecule has 0 atom stereocenters. The number of halogens is 1. The van der Waals surface area contributed by atoms with Crippen molar-refractivity contribution in [2.45, 2.75) is 39.5 Å². The second-order valence-electron chi connectivity index (χ2n) is 8.32. The van der Waals surface area contributed by atoms with Crippen molar-refractivity contribution >= 4 is 28.0 Å². The predicted octanol–water partition coefficient (Wildman–Crippen LogP) is 3.59. The van der Waals surface area contributed by atoms with Gasteiger partial charge in [-0.05, 0) is 42.3 Å². The van der Waals surface area contributed by atoms with E-state index in [1.54, 1.807) is 17.9 Å². The quantitative estimate of drug-likeness (QED) is 0.495. The second-order valence-corrected chi connectivity index (χ2v) is 9.18. The average Bonchev–Trinajstić information content (AvgIpc) is 3.01. The molecule has 0 aliphatic rings. The summed E-state index contributed by atoms with van der Waals surface area (Å²) in [6.45, 7) is 7.13. The number of ether oxygens (including phenoxy) is 2. The predicted molar refractivity (Wildman–Crippen MR) is 121 cm³/mol. The van der Waals surface area contributed by atoms with Crippen LogP contribution < -0.4 is 0 Å². The molecule has 170 valence electrons. The van der Waals surface area contributed by atoms with Crippen molar-refractivity contribution in [3.05, 3.63) is 52.3 Å². The number of carbonyl (C=O) groups is 2. The topological polar surface area (TPSA) is 76.9 Å². The van der Waals surface area contributed by atoms with Crippen molar-refractivity contribution in [1.29, 1.82) is 0 Å². The highest BCUT2D eigenvalue weighted by molar-refractivity contribution is 9.10. The van der Waals surface area contributed by atoms with E-state index in [9.17, 15) is 9.59 Å². The summed E-state index contributed by atoms with van der Waals surface area (Å²) in [7, 11) is 3.53. The molecule has 0 bridgehead atoms. The second kappa shape index (κ2) is 11.3. The van der Waals surface area contributed by atoms with Gasteiger partial charge in [0.25, 0.3) is 0 Å². The number of carbonyl (C=O) groups excluding carboxylic acids is 2. The maximum atomic E-state index is 12.5. The molecule has 0 saturated carbocycles. The number of esters is 1. The Morgan fingerprint density at radius 1 is 1.16 bits per heavy atom. The first-order valence-corrected chi connectivity index (χ1v) is 10.9. The zero-order valence-corrected chi connectivity index (χ0v) is 20.4. The molecule has 1 heterocycles. The molecular weight excluding hydrogens is 464 g/mol. The lowest BCUT2D eigenvalue weighted by molar-refractivity contribution is -0.146. The van der Waals surface area contributed by atoms with Crippen LogP contribution in [0.25, 0.3) is 0 Å². The Bertz CT molecular complexity index is 845. The van der Waals surface area contributed by atoms with Crippen LogP contribution in [0.1, 0.15) is 32.0 Å². The molecule has 1 aromatic heterocycles. The molecule has 0 saturated heterocycles. The number of hydrogen-bond acceptors (Lipinski definition) is 6. The van der Waals surface area contributed by atoms with Crippen LogP contribution in [-0.2, 0) is 34.5 Å². The van der Waals surface area contributed by atoms with Gasteiger partial charge in [0.05, 0.1) is 22.9 Å². The molecule has 2 rings (SSSR count). The fourth-order valence-electron chi connectivity index (χ4n) is 2.73. The summed E-state index contributed by atoms with van der Waals surface area (Å²) in [6, 6.07) is 9.55. The van der Waals surface area contributed by atoms with Crippen LogP contribution >= 0.6 is 15.9 Å². The Morgan fingerprint density at radius 2 is 1.84 bits per heavy atom. The maximum Gasteiger partial charge on any atom is 0.410 e. The molecule has 0 radical (unpaired) electrons. The van der Waals surface area contributed by atoms with Gasteiger partial charge >= 0.3 is 12.1 Å². The summed E-state index contributed by atoms with van der Waals surface area (Å²) in [6.07, 6.45) is 1.31. The molecule has 0 aliphatic heterocycles.